The van der Waals surface area contributed by atoms with Gasteiger partial charge in [0.15, 0.2) is 0 Å². The second-order valence-corrected chi connectivity index (χ2v) is 5.64. The predicted molar refractivity (Wildman–Crippen MR) is 73.3 cm³/mol. The molecule has 1 saturated heterocycles. The number of hydrogen-bond donors (Lipinski definition) is 1. The van der Waals surface area contributed by atoms with Crippen molar-refractivity contribution in [1.29, 1.82) is 0 Å². The van der Waals surface area contributed by atoms with Gasteiger partial charge in [0, 0.05) is 37.6 Å². The smallest absolute Gasteiger partial charge is 0.0724 e. The molecule has 3 atom stereocenters. The minimum atomic E-state index is 0.583. The molecule has 1 fully saturated rings. The largest absolute Gasteiger partial charge is 0.308 e. The first-order valence-corrected chi connectivity index (χ1v) is 6.77. The highest BCUT2D eigenvalue weighted by molar-refractivity contribution is 5.01. The zero-order chi connectivity index (χ0) is 13.1. The van der Waals surface area contributed by atoms with Crippen molar-refractivity contribution < 1.29 is 0 Å². The lowest BCUT2D eigenvalue weighted by Crippen LogP contribution is -2.50. The molecular formula is C14H24N4. The average molecular weight is 248 g/mol. The first kappa shape index (κ1) is 13.4. The van der Waals surface area contributed by atoms with Gasteiger partial charge in [-0.2, -0.15) is 0 Å². The maximum absolute atomic E-state index is 4.39. The van der Waals surface area contributed by atoms with Crippen molar-refractivity contribution in [2.45, 2.75) is 45.8 Å². The van der Waals surface area contributed by atoms with Crippen LogP contribution in [0.15, 0.2) is 12.4 Å². The highest BCUT2D eigenvalue weighted by Gasteiger charge is 2.28. The first-order chi connectivity index (χ1) is 8.56. The van der Waals surface area contributed by atoms with E-state index < -0.39 is 0 Å². The lowest BCUT2D eigenvalue weighted by Gasteiger charge is -2.40. The van der Waals surface area contributed by atoms with Crippen molar-refractivity contribution in [2.24, 2.45) is 5.92 Å². The summed E-state index contributed by atoms with van der Waals surface area (Å²) >= 11 is 0. The number of aryl methyl sites for hydroxylation is 1. The summed E-state index contributed by atoms with van der Waals surface area (Å²) in [6, 6.07) is 1.24. The van der Waals surface area contributed by atoms with Crippen LogP contribution in [0, 0.1) is 12.8 Å². The van der Waals surface area contributed by atoms with Crippen LogP contribution in [-0.4, -0.2) is 40.5 Å². The third-order valence-corrected chi connectivity index (χ3v) is 3.99. The molecular weight excluding hydrogens is 224 g/mol. The SMILES string of the molecule is Cc1cnc(CNC2CC(C)N(C)CC2C)cn1. The molecule has 0 radical (unpaired) electrons. The second-order valence-electron chi connectivity index (χ2n) is 5.64. The number of piperidine rings is 1. The molecule has 1 aliphatic rings. The van der Waals surface area contributed by atoms with E-state index in [-0.39, 0.29) is 0 Å². The Bertz CT molecular complexity index is 376. The fourth-order valence-electron chi connectivity index (χ4n) is 2.57. The third-order valence-electron chi connectivity index (χ3n) is 3.99. The van der Waals surface area contributed by atoms with E-state index >= 15 is 0 Å². The summed E-state index contributed by atoms with van der Waals surface area (Å²) in [6.45, 7) is 8.56. The molecule has 0 aromatic carbocycles. The fourth-order valence-corrected chi connectivity index (χ4v) is 2.57. The van der Waals surface area contributed by atoms with Crippen molar-refractivity contribution in [3.05, 3.63) is 23.8 Å². The van der Waals surface area contributed by atoms with E-state index in [1.807, 2.05) is 19.3 Å². The number of nitrogens with one attached hydrogen (secondary N) is 1. The van der Waals surface area contributed by atoms with Gasteiger partial charge < -0.3 is 10.2 Å². The summed E-state index contributed by atoms with van der Waals surface area (Å²) in [4.78, 5) is 11.1. The van der Waals surface area contributed by atoms with E-state index in [0.29, 0.717) is 18.0 Å². The molecule has 0 aliphatic carbocycles. The Morgan fingerprint density at radius 1 is 1.33 bits per heavy atom. The summed E-state index contributed by atoms with van der Waals surface area (Å²) in [6.07, 6.45) is 4.90. The van der Waals surface area contributed by atoms with Crippen LogP contribution in [0.1, 0.15) is 31.7 Å². The van der Waals surface area contributed by atoms with E-state index in [9.17, 15) is 0 Å². The number of hydrogen-bond acceptors (Lipinski definition) is 4. The number of aromatic nitrogens is 2. The zero-order valence-electron chi connectivity index (χ0n) is 11.8. The zero-order valence-corrected chi connectivity index (χ0v) is 11.8. The van der Waals surface area contributed by atoms with Gasteiger partial charge in [-0.25, -0.2) is 0 Å². The van der Waals surface area contributed by atoms with E-state index in [2.05, 4.69) is 41.1 Å². The van der Waals surface area contributed by atoms with Crippen molar-refractivity contribution in [3.8, 4) is 0 Å². The molecule has 4 nitrogen and oxygen atoms in total. The molecule has 1 aromatic rings. The van der Waals surface area contributed by atoms with Crippen LogP contribution in [0.25, 0.3) is 0 Å². The molecule has 0 bridgehead atoms. The summed E-state index contributed by atoms with van der Waals surface area (Å²) in [5.41, 5.74) is 2.00. The minimum absolute atomic E-state index is 0.583. The fraction of sp³-hybridized carbons (Fsp3) is 0.714. The van der Waals surface area contributed by atoms with Crippen LogP contribution >= 0.6 is 0 Å². The predicted octanol–water partition coefficient (Wildman–Crippen LogP) is 1.60. The average Bonchev–Trinajstić information content (AvgIpc) is 2.34. The number of likely N-dealkylation sites (tertiary alicyclic amines) is 1. The van der Waals surface area contributed by atoms with Crippen molar-refractivity contribution in [1.82, 2.24) is 20.2 Å². The summed E-state index contributed by atoms with van der Waals surface area (Å²) in [5, 5.41) is 3.63. The van der Waals surface area contributed by atoms with Gasteiger partial charge >= 0.3 is 0 Å². The summed E-state index contributed by atoms with van der Waals surface area (Å²) in [7, 11) is 2.21. The van der Waals surface area contributed by atoms with E-state index in [4.69, 9.17) is 0 Å². The Morgan fingerprint density at radius 3 is 2.78 bits per heavy atom. The van der Waals surface area contributed by atoms with Crippen LogP contribution in [0.5, 0.6) is 0 Å². The molecule has 3 unspecified atom stereocenters. The van der Waals surface area contributed by atoms with Gasteiger partial charge in [0.05, 0.1) is 11.4 Å². The Balaban J connectivity index is 1.88. The molecule has 100 valence electrons. The summed E-state index contributed by atoms with van der Waals surface area (Å²) < 4.78 is 0. The van der Waals surface area contributed by atoms with Crippen LogP contribution < -0.4 is 5.32 Å². The standard InChI is InChI=1S/C14H24N4/c1-10-9-18(4)12(3)5-14(10)17-8-13-7-15-11(2)6-16-13/h6-7,10,12,14,17H,5,8-9H2,1-4H3. The van der Waals surface area contributed by atoms with Gasteiger partial charge in [0.2, 0.25) is 0 Å². The highest BCUT2D eigenvalue weighted by Crippen LogP contribution is 2.20. The van der Waals surface area contributed by atoms with Crippen LogP contribution in [-0.2, 0) is 6.54 Å². The Morgan fingerprint density at radius 2 is 2.11 bits per heavy atom. The molecule has 2 rings (SSSR count). The molecule has 0 amide bonds. The topological polar surface area (TPSA) is 41.1 Å². The van der Waals surface area contributed by atoms with Gasteiger partial charge in [0.1, 0.15) is 0 Å². The molecule has 1 aromatic heterocycles. The molecule has 1 aliphatic heterocycles. The summed E-state index contributed by atoms with van der Waals surface area (Å²) in [5.74, 6) is 0.685. The van der Waals surface area contributed by atoms with Crippen molar-refractivity contribution >= 4 is 0 Å². The lowest BCUT2D eigenvalue weighted by molar-refractivity contribution is 0.121. The Labute approximate surface area is 110 Å². The van der Waals surface area contributed by atoms with Crippen molar-refractivity contribution in [3.63, 3.8) is 0 Å². The second kappa shape index (κ2) is 5.76. The molecule has 1 N–H and O–H groups in total. The van der Waals surface area contributed by atoms with E-state index in [1.54, 1.807) is 0 Å². The molecule has 0 saturated carbocycles. The Kier molecular flexibility index (Phi) is 4.30. The maximum Gasteiger partial charge on any atom is 0.0724 e. The highest BCUT2D eigenvalue weighted by atomic mass is 15.2. The van der Waals surface area contributed by atoms with Crippen LogP contribution in [0.3, 0.4) is 0 Å². The van der Waals surface area contributed by atoms with Gasteiger partial charge in [-0.3, -0.25) is 9.97 Å². The molecule has 4 heteroatoms. The third kappa shape index (κ3) is 3.27. The van der Waals surface area contributed by atoms with E-state index in [1.165, 1.54) is 13.0 Å². The van der Waals surface area contributed by atoms with E-state index in [0.717, 1.165) is 17.9 Å². The maximum atomic E-state index is 4.39. The number of rotatable bonds is 3. The lowest BCUT2D eigenvalue weighted by atomic mass is 9.90. The first-order valence-electron chi connectivity index (χ1n) is 6.77. The number of nitrogens with zero attached hydrogens (tertiary/aromatic N) is 3. The van der Waals surface area contributed by atoms with Gasteiger partial charge in [-0.15, -0.1) is 0 Å². The quantitative estimate of drug-likeness (QED) is 0.882. The Hall–Kier alpha value is -1.00. The molecule has 18 heavy (non-hydrogen) atoms. The van der Waals surface area contributed by atoms with Gasteiger partial charge in [0.25, 0.3) is 0 Å². The van der Waals surface area contributed by atoms with Gasteiger partial charge in [-0.1, -0.05) is 6.92 Å². The van der Waals surface area contributed by atoms with Gasteiger partial charge in [-0.05, 0) is 33.2 Å². The van der Waals surface area contributed by atoms with Crippen LogP contribution in [0.4, 0.5) is 0 Å². The minimum Gasteiger partial charge on any atom is -0.308 e. The van der Waals surface area contributed by atoms with Crippen molar-refractivity contribution in [2.75, 3.05) is 13.6 Å². The molecule has 2 heterocycles. The molecule has 0 spiro atoms. The van der Waals surface area contributed by atoms with Crippen LogP contribution in [0.2, 0.25) is 0 Å². The normalized spacial score (nSPS) is 29.4. The monoisotopic (exact) mass is 248 g/mol.